The normalized spacial score (nSPS) is 24.9. The van der Waals surface area contributed by atoms with Crippen LogP contribution in [0, 0.1) is 0 Å². The van der Waals surface area contributed by atoms with Crippen molar-refractivity contribution >= 4 is 5.91 Å². The Hall–Kier alpha value is -0.650. The summed E-state index contributed by atoms with van der Waals surface area (Å²) in [6.45, 7) is 6.25. The van der Waals surface area contributed by atoms with Crippen LogP contribution in [0.1, 0.15) is 25.7 Å². The number of amides is 1. The average Bonchev–Trinajstić information content (AvgIpc) is 2.88. The van der Waals surface area contributed by atoms with Crippen molar-refractivity contribution in [3.8, 4) is 0 Å². The summed E-state index contributed by atoms with van der Waals surface area (Å²) < 4.78 is 5.27. The fraction of sp³-hybridized carbons (Fsp3) is 0.929. The van der Waals surface area contributed by atoms with Gasteiger partial charge in [0.15, 0.2) is 0 Å². The van der Waals surface area contributed by atoms with Gasteiger partial charge in [-0.25, -0.2) is 0 Å². The average molecular weight is 269 g/mol. The maximum Gasteiger partial charge on any atom is 0.222 e. The minimum atomic E-state index is 0.299. The lowest BCUT2D eigenvalue weighted by molar-refractivity contribution is -0.135. The standard InChI is InChI=1S/C14H27N3O2/c1-15-12-13-4-2-6-16(13)7-3-5-14(18)17-8-10-19-11-9-17/h13,15H,2-12H2,1H3. The monoisotopic (exact) mass is 269 g/mol. The van der Waals surface area contributed by atoms with E-state index in [4.69, 9.17) is 4.74 Å². The molecule has 0 aromatic carbocycles. The van der Waals surface area contributed by atoms with Crippen LogP contribution >= 0.6 is 0 Å². The Labute approximate surface area is 116 Å². The van der Waals surface area contributed by atoms with E-state index in [0.29, 0.717) is 31.6 Å². The van der Waals surface area contributed by atoms with Crippen molar-refractivity contribution in [2.24, 2.45) is 0 Å². The van der Waals surface area contributed by atoms with E-state index >= 15 is 0 Å². The van der Waals surface area contributed by atoms with Crippen molar-refractivity contribution in [2.75, 3.05) is 53.0 Å². The Bertz CT molecular complexity index is 280. The molecular formula is C14H27N3O2. The van der Waals surface area contributed by atoms with Gasteiger partial charge in [0, 0.05) is 32.1 Å². The fourth-order valence-electron chi connectivity index (χ4n) is 3.06. The molecule has 1 atom stereocenters. The molecule has 0 aromatic rings. The molecule has 5 heteroatoms. The largest absolute Gasteiger partial charge is 0.378 e. The topological polar surface area (TPSA) is 44.8 Å². The number of carbonyl (C=O) groups is 1. The van der Waals surface area contributed by atoms with Crippen LogP contribution in [0.4, 0.5) is 0 Å². The quantitative estimate of drug-likeness (QED) is 0.754. The van der Waals surface area contributed by atoms with Gasteiger partial charge in [-0.15, -0.1) is 0 Å². The molecule has 1 unspecified atom stereocenters. The van der Waals surface area contributed by atoms with Gasteiger partial charge >= 0.3 is 0 Å². The second kappa shape index (κ2) is 7.82. The second-order valence-electron chi connectivity index (χ2n) is 5.49. The van der Waals surface area contributed by atoms with Gasteiger partial charge in [-0.2, -0.15) is 0 Å². The number of likely N-dealkylation sites (tertiary alicyclic amines) is 1. The molecule has 2 fully saturated rings. The van der Waals surface area contributed by atoms with Crippen LogP contribution < -0.4 is 5.32 Å². The SMILES string of the molecule is CNCC1CCCN1CCCC(=O)N1CCOCC1. The van der Waals surface area contributed by atoms with Crippen molar-refractivity contribution in [3.05, 3.63) is 0 Å². The summed E-state index contributed by atoms with van der Waals surface area (Å²) in [6, 6.07) is 0.670. The number of nitrogens with zero attached hydrogens (tertiary/aromatic N) is 2. The second-order valence-corrected chi connectivity index (χ2v) is 5.49. The van der Waals surface area contributed by atoms with Gasteiger partial charge in [0.2, 0.25) is 5.91 Å². The zero-order valence-electron chi connectivity index (χ0n) is 12.1. The number of nitrogens with one attached hydrogen (secondary N) is 1. The van der Waals surface area contributed by atoms with E-state index in [-0.39, 0.29) is 0 Å². The van der Waals surface area contributed by atoms with E-state index in [1.165, 1.54) is 19.4 Å². The zero-order valence-corrected chi connectivity index (χ0v) is 12.1. The van der Waals surface area contributed by atoms with E-state index < -0.39 is 0 Å². The van der Waals surface area contributed by atoms with Crippen molar-refractivity contribution in [3.63, 3.8) is 0 Å². The van der Waals surface area contributed by atoms with Crippen molar-refractivity contribution in [1.29, 1.82) is 0 Å². The first-order chi connectivity index (χ1) is 9.31. The van der Waals surface area contributed by atoms with Crippen LogP contribution in [0.15, 0.2) is 0 Å². The summed E-state index contributed by atoms with van der Waals surface area (Å²) >= 11 is 0. The lowest BCUT2D eigenvalue weighted by Gasteiger charge is -2.28. The highest BCUT2D eigenvalue weighted by atomic mass is 16.5. The number of likely N-dealkylation sites (N-methyl/N-ethyl adjacent to an activating group) is 1. The third kappa shape index (κ3) is 4.44. The maximum atomic E-state index is 12.0. The van der Waals surface area contributed by atoms with Gasteiger partial charge < -0.3 is 15.0 Å². The van der Waals surface area contributed by atoms with Gasteiger partial charge in [-0.1, -0.05) is 0 Å². The van der Waals surface area contributed by atoms with Crippen LogP contribution in [-0.2, 0) is 9.53 Å². The number of carbonyl (C=O) groups excluding carboxylic acids is 1. The number of hydrogen-bond acceptors (Lipinski definition) is 4. The first-order valence-electron chi connectivity index (χ1n) is 7.55. The van der Waals surface area contributed by atoms with E-state index in [2.05, 4.69) is 10.2 Å². The van der Waals surface area contributed by atoms with Crippen LogP contribution in [0.2, 0.25) is 0 Å². The number of hydrogen-bond donors (Lipinski definition) is 1. The third-order valence-electron chi connectivity index (χ3n) is 4.14. The van der Waals surface area contributed by atoms with Gasteiger partial charge in [0.25, 0.3) is 0 Å². The van der Waals surface area contributed by atoms with Crippen molar-refractivity contribution in [2.45, 2.75) is 31.7 Å². The molecular weight excluding hydrogens is 242 g/mol. The molecule has 0 radical (unpaired) electrons. The van der Waals surface area contributed by atoms with E-state index in [1.807, 2.05) is 11.9 Å². The predicted octanol–water partition coefficient (Wildman–Crippen LogP) is 0.309. The summed E-state index contributed by atoms with van der Waals surface area (Å²) in [5, 5.41) is 3.26. The lowest BCUT2D eigenvalue weighted by Crippen LogP contribution is -2.41. The van der Waals surface area contributed by atoms with Gasteiger partial charge in [0.05, 0.1) is 13.2 Å². The highest BCUT2D eigenvalue weighted by Crippen LogP contribution is 2.17. The Morgan fingerprint density at radius 2 is 2.11 bits per heavy atom. The first-order valence-corrected chi connectivity index (χ1v) is 7.55. The van der Waals surface area contributed by atoms with Crippen LogP contribution in [0.3, 0.4) is 0 Å². The summed E-state index contributed by atoms with van der Waals surface area (Å²) in [5.41, 5.74) is 0. The van der Waals surface area contributed by atoms with Crippen LogP contribution in [0.25, 0.3) is 0 Å². The predicted molar refractivity (Wildman–Crippen MR) is 75.2 cm³/mol. The van der Waals surface area contributed by atoms with Crippen molar-refractivity contribution in [1.82, 2.24) is 15.1 Å². The van der Waals surface area contributed by atoms with Gasteiger partial charge in [-0.3, -0.25) is 9.69 Å². The Balaban J connectivity index is 1.63. The smallest absolute Gasteiger partial charge is 0.222 e. The van der Waals surface area contributed by atoms with E-state index in [9.17, 15) is 4.79 Å². The molecule has 2 rings (SSSR count). The Morgan fingerprint density at radius 3 is 2.84 bits per heavy atom. The van der Waals surface area contributed by atoms with Crippen molar-refractivity contribution < 1.29 is 9.53 Å². The highest BCUT2D eigenvalue weighted by molar-refractivity contribution is 5.76. The summed E-state index contributed by atoms with van der Waals surface area (Å²) in [5.74, 6) is 0.299. The van der Waals surface area contributed by atoms with E-state index in [1.54, 1.807) is 0 Å². The van der Waals surface area contributed by atoms with Gasteiger partial charge in [0.1, 0.15) is 0 Å². The Morgan fingerprint density at radius 1 is 1.32 bits per heavy atom. The molecule has 2 saturated heterocycles. The number of morpholine rings is 1. The number of rotatable bonds is 6. The summed E-state index contributed by atoms with van der Waals surface area (Å²) in [4.78, 5) is 16.5. The molecule has 0 saturated carbocycles. The molecule has 1 amide bonds. The molecule has 0 bridgehead atoms. The Kier molecular flexibility index (Phi) is 6.07. The van der Waals surface area contributed by atoms with E-state index in [0.717, 1.165) is 32.6 Å². The molecule has 2 aliphatic heterocycles. The molecule has 5 nitrogen and oxygen atoms in total. The van der Waals surface area contributed by atoms with Gasteiger partial charge in [-0.05, 0) is 39.4 Å². The minimum absolute atomic E-state index is 0.299. The zero-order chi connectivity index (χ0) is 13.5. The van der Waals surface area contributed by atoms with Crippen LogP contribution in [-0.4, -0.2) is 74.7 Å². The molecule has 0 spiro atoms. The highest BCUT2D eigenvalue weighted by Gasteiger charge is 2.23. The third-order valence-corrected chi connectivity index (χ3v) is 4.14. The fourth-order valence-corrected chi connectivity index (χ4v) is 3.06. The first kappa shape index (κ1) is 14.8. The maximum absolute atomic E-state index is 12.0. The summed E-state index contributed by atoms with van der Waals surface area (Å²) in [6.07, 6.45) is 4.25. The molecule has 2 heterocycles. The molecule has 110 valence electrons. The molecule has 19 heavy (non-hydrogen) atoms. The van der Waals surface area contributed by atoms with Crippen LogP contribution in [0.5, 0.6) is 0 Å². The summed E-state index contributed by atoms with van der Waals surface area (Å²) in [7, 11) is 2.01. The lowest BCUT2D eigenvalue weighted by atomic mass is 10.2. The number of ether oxygens (including phenoxy) is 1. The molecule has 2 aliphatic rings. The minimum Gasteiger partial charge on any atom is -0.378 e. The molecule has 0 aliphatic carbocycles. The molecule has 0 aromatic heterocycles. The molecule has 1 N–H and O–H groups in total.